The second-order valence-electron chi connectivity index (χ2n) is 6.23. The molecule has 2 aromatic rings. The molecule has 1 aromatic heterocycles. The first-order chi connectivity index (χ1) is 9.75. The molecule has 4 rings (SSSR count). The fourth-order valence-electron chi connectivity index (χ4n) is 3.57. The topological polar surface area (TPSA) is 43.8 Å². The van der Waals surface area contributed by atoms with Crippen molar-refractivity contribution in [2.24, 2.45) is 5.73 Å². The van der Waals surface area contributed by atoms with Crippen LogP contribution in [-0.2, 0) is 0 Å². The third kappa shape index (κ3) is 1.95. The van der Waals surface area contributed by atoms with Crippen molar-refractivity contribution in [3.8, 4) is 0 Å². The van der Waals surface area contributed by atoms with Gasteiger partial charge in [0.2, 0.25) is 0 Å². The van der Waals surface area contributed by atoms with Gasteiger partial charge in [0, 0.05) is 18.0 Å². The van der Waals surface area contributed by atoms with Gasteiger partial charge in [0.15, 0.2) is 0 Å². The molecule has 1 heterocycles. The van der Waals surface area contributed by atoms with Crippen LogP contribution in [0.5, 0.6) is 0 Å². The van der Waals surface area contributed by atoms with Crippen molar-refractivity contribution in [2.45, 2.75) is 56.5 Å². The fourth-order valence-corrected chi connectivity index (χ4v) is 3.83. The van der Waals surface area contributed by atoms with Crippen molar-refractivity contribution >= 4 is 22.6 Å². The van der Waals surface area contributed by atoms with Crippen molar-refractivity contribution in [2.75, 3.05) is 0 Å². The normalized spacial score (nSPS) is 27.1. The molecular weight excluding hydrogens is 270 g/mol. The Bertz CT molecular complexity index is 644. The van der Waals surface area contributed by atoms with Crippen LogP contribution in [0.25, 0.3) is 11.0 Å². The standard InChI is InChI=1S/C16H20ClN3/c17-12-5-3-7-14-15(12)20(10-8-9-10)16(19-14)11-4-1-2-6-13(11)18/h3,5,7,10-11,13H,1-2,4,6,8-9,18H2. The summed E-state index contributed by atoms with van der Waals surface area (Å²) < 4.78 is 2.40. The largest absolute Gasteiger partial charge is 0.327 e. The zero-order valence-electron chi connectivity index (χ0n) is 11.6. The third-order valence-corrected chi connectivity index (χ3v) is 5.06. The Labute approximate surface area is 124 Å². The minimum Gasteiger partial charge on any atom is -0.327 e. The number of aromatic nitrogens is 2. The van der Waals surface area contributed by atoms with Crippen molar-refractivity contribution in [1.82, 2.24) is 9.55 Å². The van der Waals surface area contributed by atoms with Crippen LogP contribution in [0.1, 0.15) is 56.3 Å². The second kappa shape index (κ2) is 4.74. The van der Waals surface area contributed by atoms with E-state index in [1.165, 1.54) is 31.5 Å². The molecule has 4 heteroatoms. The highest BCUT2D eigenvalue weighted by atomic mass is 35.5. The Hall–Kier alpha value is -1.06. The van der Waals surface area contributed by atoms with E-state index in [2.05, 4.69) is 10.6 Å². The van der Waals surface area contributed by atoms with Gasteiger partial charge in [0.05, 0.1) is 16.1 Å². The lowest BCUT2D eigenvalue weighted by molar-refractivity contribution is 0.365. The maximum atomic E-state index is 6.43. The lowest BCUT2D eigenvalue weighted by atomic mass is 9.84. The van der Waals surface area contributed by atoms with Crippen molar-refractivity contribution < 1.29 is 0 Å². The summed E-state index contributed by atoms with van der Waals surface area (Å²) in [6, 6.07) is 6.85. The van der Waals surface area contributed by atoms with E-state index in [1.54, 1.807) is 0 Å². The number of hydrogen-bond donors (Lipinski definition) is 1. The first-order valence-corrected chi connectivity index (χ1v) is 8.05. The molecule has 2 fully saturated rings. The summed E-state index contributed by atoms with van der Waals surface area (Å²) in [5.41, 5.74) is 8.51. The number of rotatable bonds is 2. The molecule has 2 atom stereocenters. The molecule has 1 aromatic carbocycles. The molecule has 106 valence electrons. The highest BCUT2D eigenvalue weighted by Gasteiger charge is 2.34. The summed E-state index contributed by atoms with van der Waals surface area (Å²) in [5.74, 6) is 1.58. The fraction of sp³-hybridized carbons (Fsp3) is 0.562. The van der Waals surface area contributed by atoms with Crippen molar-refractivity contribution in [3.05, 3.63) is 29.0 Å². The minimum atomic E-state index is 0.247. The van der Waals surface area contributed by atoms with Gasteiger partial charge in [-0.3, -0.25) is 0 Å². The maximum Gasteiger partial charge on any atom is 0.114 e. The monoisotopic (exact) mass is 289 g/mol. The van der Waals surface area contributed by atoms with Gasteiger partial charge in [-0.05, 0) is 37.8 Å². The molecule has 2 aliphatic carbocycles. The van der Waals surface area contributed by atoms with E-state index in [-0.39, 0.29) is 6.04 Å². The molecule has 0 aliphatic heterocycles. The molecule has 0 amide bonds. The zero-order valence-corrected chi connectivity index (χ0v) is 12.3. The summed E-state index contributed by atoms with van der Waals surface area (Å²) in [6.45, 7) is 0. The highest BCUT2D eigenvalue weighted by Crippen LogP contribution is 2.44. The Kier molecular flexibility index (Phi) is 3.00. The van der Waals surface area contributed by atoms with Crippen LogP contribution >= 0.6 is 11.6 Å². The van der Waals surface area contributed by atoms with Crippen LogP contribution in [-0.4, -0.2) is 15.6 Å². The van der Waals surface area contributed by atoms with Crippen LogP contribution in [0.3, 0.4) is 0 Å². The lowest BCUT2D eigenvalue weighted by Gasteiger charge is -2.28. The Morgan fingerprint density at radius 1 is 1.15 bits per heavy atom. The van der Waals surface area contributed by atoms with Gasteiger partial charge in [-0.25, -0.2) is 4.98 Å². The van der Waals surface area contributed by atoms with Crippen LogP contribution in [0.15, 0.2) is 18.2 Å². The lowest BCUT2D eigenvalue weighted by Crippen LogP contribution is -2.33. The molecule has 2 saturated carbocycles. The number of nitrogens with zero attached hydrogens (tertiary/aromatic N) is 2. The number of benzene rings is 1. The van der Waals surface area contributed by atoms with Gasteiger partial charge in [-0.15, -0.1) is 0 Å². The Morgan fingerprint density at radius 3 is 2.70 bits per heavy atom. The molecule has 0 bridgehead atoms. The van der Waals surface area contributed by atoms with Crippen LogP contribution < -0.4 is 5.73 Å². The average Bonchev–Trinajstić information content (AvgIpc) is 3.20. The Morgan fingerprint density at radius 2 is 1.95 bits per heavy atom. The first-order valence-electron chi connectivity index (χ1n) is 7.67. The SMILES string of the molecule is NC1CCCCC1c1nc2cccc(Cl)c2n1C1CC1. The number of hydrogen-bond acceptors (Lipinski definition) is 2. The summed E-state index contributed by atoms with van der Waals surface area (Å²) in [7, 11) is 0. The minimum absolute atomic E-state index is 0.247. The van der Waals surface area contributed by atoms with Gasteiger partial charge in [0.1, 0.15) is 5.82 Å². The van der Waals surface area contributed by atoms with Crippen LogP contribution in [0, 0.1) is 0 Å². The molecule has 0 radical (unpaired) electrons. The van der Waals surface area contributed by atoms with Gasteiger partial charge in [-0.2, -0.15) is 0 Å². The Balaban J connectivity index is 1.90. The first kappa shape index (κ1) is 12.7. The third-order valence-electron chi connectivity index (χ3n) is 4.75. The molecule has 0 spiro atoms. The molecular formula is C16H20ClN3. The molecule has 20 heavy (non-hydrogen) atoms. The van der Waals surface area contributed by atoms with Crippen LogP contribution in [0.4, 0.5) is 0 Å². The summed E-state index contributed by atoms with van der Waals surface area (Å²) in [4.78, 5) is 4.91. The number of para-hydroxylation sites is 1. The van der Waals surface area contributed by atoms with Gasteiger partial charge in [0.25, 0.3) is 0 Å². The smallest absolute Gasteiger partial charge is 0.114 e. The van der Waals surface area contributed by atoms with Crippen molar-refractivity contribution in [3.63, 3.8) is 0 Å². The predicted molar refractivity (Wildman–Crippen MR) is 82.2 cm³/mol. The van der Waals surface area contributed by atoms with Gasteiger partial charge in [-0.1, -0.05) is 30.5 Å². The quantitative estimate of drug-likeness (QED) is 0.908. The van der Waals surface area contributed by atoms with Gasteiger partial charge < -0.3 is 10.3 Å². The van der Waals surface area contributed by atoms with Gasteiger partial charge >= 0.3 is 0 Å². The van der Waals surface area contributed by atoms with E-state index in [4.69, 9.17) is 22.3 Å². The van der Waals surface area contributed by atoms with Crippen LogP contribution in [0.2, 0.25) is 5.02 Å². The van der Waals surface area contributed by atoms with E-state index >= 15 is 0 Å². The molecule has 2 aliphatic rings. The average molecular weight is 290 g/mol. The number of halogens is 1. The summed E-state index contributed by atoms with van der Waals surface area (Å²) >= 11 is 6.43. The highest BCUT2D eigenvalue weighted by molar-refractivity contribution is 6.35. The van der Waals surface area contributed by atoms with E-state index in [0.717, 1.165) is 28.9 Å². The number of fused-ring (bicyclic) bond motifs is 1. The van der Waals surface area contributed by atoms with Crippen molar-refractivity contribution in [1.29, 1.82) is 0 Å². The van der Waals surface area contributed by atoms with E-state index in [9.17, 15) is 0 Å². The molecule has 2 unspecified atom stereocenters. The number of imidazole rings is 1. The predicted octanol–water partition coefficient (Wildman–Crippen LogP) is 4.01. The molecule has 2 N–H and O–H groups in total. The second-order valence-corrected chi connectivity index (χ2v) is 6.64. The molecule has 0 saturated heterocycles. The van der Waals surface area contributed by atoms with E-state index in [0.29, 0.717) is 12.0 Å². The van der Waals surface area contributed by atoms with E-state index < -0.39 is 0 Å². The summed E-state index contributed by atoms with van der Waals surface area (Å²) in [6.07, 6.45) is 7.28. The number of nitrogens with two attached hydrogens (primary N) is 1. The van der Waals surface area contributed by atoms with E-state index in [1.807, 2.05) is 12.1 Å². The zero-order chi connectivity index (χ0) is 13.7. The molecule has 3 nitrogen and oxygen atoms in total. The summed E-state index contributed by atoms with van der Waals surface area (Å²) in [5, 5.41) is 0.817. The maximum absolute atomic E-state index is 6.43.